The van der Waals surface area contributed by atoms with Crippen molar-refractivity contribution in [3.8, 4) is 11.1 Å². The van der Waals surface area contributed by atoms with Gasteiger partial charge in [-0.15, -0.1) is 0 Å². The van der Waals surface area contributed by atoms with Crippen LogP contribution in [-0.4, -0.2) is 35.6 Å². The van der Waals surface area contributed by atoms with Crippen LogP contribution in [0.1, 0.15) is 26.2 Å². The number of esters is 1. The molecule has 1 aliphatic heterocycles. The fourth-order valence-electron chi connectivity index (χ4n) is 3.42. The van der Waals surface area contributed by atoms with Crippen molar-refractivity contribution in [2.75, 3.05) is 24.6 Å². The van der Waals surface area contributed by atoms with Crippen LogP contribution >= 0.6 is 0 Å². The maximum absolute atomic E-state index is 11.6. The van der Waals surface area contributed by atoms with Crippen LogP contribution in [0.4, 0.5) is 11.5 Å². The summed E-state index contributed by atoms with van der Waals surface area (Å²) in [5, 5.41) is 11.6. The van der Waals surface area contributed by atoms with Crippen LogP contribution in [0, 0.1) is 16.0 Å². The van der Waals surface area contributed by atoms with Crippen molar-refractivity contribution >= 4 is 17.5 Å². The van der Waals surface area contributed by atoms with Gasteiger partial charge in [-0.3, -0.25) is 14.9 Å². The van der Waals surface area contributed by atoms with Crippen LogP contribution < -0.4 is 4.90 Å². The van der Waals surface area contributed by atoms with Crippen molar-refractivity contribution in [2.24, 2.45) is 5.92 Å². The molecule has 27 heavy (non-hydrogen) atoms. The van der Waals surface area contributed by atoms with E-state index in [1.807, 2.05) is 35.2 Å². The highest BCUT2D eigenvalue weighted by Crippen LogP contribution is 2.33. The van der Waals surface area contributed by atoms with Crippen molar-refractivity contribution < 1.29 is 14.5 Å². The maximum Gasteiger partial charge on any atom is 0.312 e. The van der Waals surface area contributed by atoms with Crippen molar-refractivity contribution in [3.05, 3.63) is 52.7 Å². The molecule has 1 aromatic heterocycles. The van der Waals surface area contributed by atoms with Crippen LogP contribution in [-0.2, 0) is 9.53 Å². The first-order valence-corrected chi connectivity index (χ1v) is 9.19. The van der Waals surface area contributed by atoms with E-state index in [9.17, 15) is 14.9 Å². The molecule has 0 atom stereocenters. The molecule has 1 saturated heterocycles. The number of hydrogen-bond donors (Lipinski definition) is 0. The molecule has 0 amide bonds. The van der Waals surface area contributed by atoms with E-state index < -0.39 is 0 Å². The minimum atomic E-state index is -0.376. The van der Waals surface area contributed by atoms with E-state index in [4.69, 9.17) is 4.74 Å². The number of carbonyl (C=O) groups is 1. The van der Waals surface area contributed by atoms with Gasteiger partial charge in [0, 0.05) is 37.3 Å². The SMILES string of the molecule is CCOC(=O)CC1CCN(c2ncc(-c3ccccc3)cc2[N+](=O)[O-])CC1. The number of anilines is 1. The Hall–Kier alpha value is -2.96. The molecular formula is C20H23N3O4. The summed E-state index contributed by atoms with van der Waals surface area (Å²) in [6.07, 6.45) is 3.67. The smallest absolute Gasteiger partial charge is 0.312 e. The van der Waals surface area contributed by atoms with Gasteiger partial charge in [-0.25, -0.2) is 4.98 Å². The highest BCUT2D eigenvalue weighted by Gasteiger charge is 2.27. The van der Waals surface area contributed by atoms with E-state index in [1.54, 1.807) is 19.2 Å². The fourth-order valence-corrected chi connectivity index (χ4v) is 3.42. The number of benzene rings is 1. The zero-order valence-electron chi connectivity index (χ0n) is 15.3. The first-order valence-electron chi connectivity index (χ1n) is 9.19. The average molecular weight is 369 g/mol. The van der Waals surface area contributed by atoms with E-state index >= 15 is 0 Å². The van der Waals surface area contributed by atoms with Gasteiger partial charge in [-0.1, -0.05) is 30.3 Å². The molecule has 142 valence electrons. The second kappa shape index (κ2) is 8.62. The van der Waals surface area contributed by atoms with Crippen LogP contribution in [0.5, 0.6) is 0 Å². The summed E-state index contributed by atoms with van der Waals surface area (Å²) in [7, 11) is 0. The number of carbonyl (C=O) groups excluding carboxylic acids is 1. The Kier molecular flexibility index (Phi) is 6.01. The van der Waals surface area contributed by atoms with Crippen LogP contribution in [0.2, 0.25) is 0 Å². The maximum atomic E-state index is 11.6. The Bertz CT molecular complexity index is 802. The highest BCUT2D eigenvalue weighted by molar-refractivity contribution is 5.71. The summed E-state index contributed by atoms with van der Waals surface area (Å²) in [5.41, 5.74) is 1.64. The van der Waals surface area contributed by atoms with E-state index in [2.05, 4.69) is 4.98 Å². The Morgan fingerprint density at radius 3 is 2.59 bits per heavy atom. The van der Waals surface area contributed by atoms with Crippen LogP contribution in [0.15, 0.2) is 42.6 Å². The molecular weight excluding hydrogens is 346 g/mol. The Morgan fingerprint density at radius 1 is 1.26 bits per heavy atom. The minimum absolute atomic E-state index is 0.0141. The van der Waals surface area contributed by atoms with Gasteiger partial charge in [0.05, 0.1) is 11.5 Å². The molecule has 0 unspecified atom stereocenters. The summed E-state index contributed by atoms with van der Waals surface area (Å²) in [6.45, 7) is 3.47. The van der Waals surface area contributed by atoms with Gasteiger partial charge < -0.3 is 9.64 Å². The number of piperidine rings is 1. The zero-order chi connectivity index (χ0) is 19.2. The molecule has 0 spiro atoms. The molecule has 2 heterocycles. The largest absolute Gasteiger partial charge is 0.466 e. The second-order valence-electron chi connectivity index (χ2n) is 6.63. The monoisotopic (exact) mass is 369 g/mol. The van der Waals surface area contributed by atoms with Crippen molar-refractivity contribution in [1.82, 2.24) is 4.98 Å². The third-order valence-electron chi connectivity index (χ3n) is 4.83. The number of rotatable bonds is 6. The quantitative estimate of drug-likeness (QED) is 0.437. The molecule has 7 heteroatoms. The highest BCUT2D eigenvalue weighted by atomic mass is 16.6. The van der Waals surface area contributed by atoms with Crippen molar-refractivity contribution in [3.63, 3.8) is 0 Å². The third-order valence-corrected chi connectivity index (χ3v) is 4.83. The summed E-state index contributed by atoms with van der Waals surface area (Å²) in [4.78, 5) is 29.2. The number of ether oxygens (including phenoxy) is 1. The molecule has 1 fully saturated rings. The van der Waals surface area contributed by atoms with Crippen molar-refractivity contribution in [2.45, 2.75) is 26.2 Å². The summed E-state index contributed by atoms with van der Waals surface area (Å²) in [5.74, 6) is 0.476. The topological polar surface area (TPSA) is 85.6 Å². The van der Waals surface area contributed by atoms with Gasteiger partial charge in [-0.2, -0.15) is 0 Å². The number of pyridine rings is 1. The van der Waals surface area contributed by atoms with E-state index in [1.165, 1.54) is 0 Å². The molecule has 2 aromatic rings. The lowest BCUT2D eigenvalue weighted by atomic mass is 9.93. The predicted molar refractivity (Wildman–Crippen MR) is 103 cm³/mol. The lowest BCUT2D eigenvalue weighted by Gasteiger charge is -2.32. The lowest BCUT2D eigenvalue weighted by Crippen LogP contribution is -2.35. The Morgan fingerprint density at radius 2 is 1.96 bits per heavy atom. The van der Waals surface area contributed by atoms with Crippen LogP contribution in [0.3, 0.4) is 0 Å². The fraction of sp³-hybridized carbons (Fsp3) is 0.400. The molecule has 0 radical (unpaired) electrons. The van der Waals surface area contributed by atoms with Gasteiger partial charge in [0.25, 0.3) is 0 Å². The average Bonchev–Trinajstić information content (AvgIpc) is 2.69. The predicted octanol–water partition coefficient (Wildman–Crippen LogP) is 3.83. The first-order chi connectivity index (χ1) is 13.1. The van der Waals surface area contributed by atoms with E-state index in [0.717, 1.165) is 24.0 Å². The van der Waals surface area contributed by atoms with Gasteiger partial charge in [0.1, 0.15) is 0 Å². The molecule has 1 aromatic carbocycles. The number of aromatic nitrogens is 1. The lowest BCUT2D eigenvalue weighted by molar-refractivity contribution is -0.384. The van der Waals surface area contributed by atoms with E-state index in [0.29, 0.717) is 31.9 Å². The summed E-state index contributed by atoms with van der Waals surface area (Å²) < 4.78 is 5.01. The van der Waals surface area contributed by atoms with Crippen LogP contribution in [0.25, 0.3) is 11.1 Å². The molecule has 0 bridgehead atoms. The Balaban J connectivity index is 1.73. The van der Waals surface area contributed by atoms with E-state index in [-0.39, 0.29) is 22.5 Å². The number of hydrogen-bond acceptors (Lipinski definition) is 6. The molecule has 0 N–H and O–H groups in total. The molecule has 7 nitrogen and oxygen atoms in total. The van der Waals surface area contributed by atoms with Crippen molar-refractivity contribution in [1.29, 1.82) is 0 Å². The minimum Gasteiger partial charge on any atom is -0.466 e. The number of nitrogens with zero attached hydrogens (tertiary/aromatic N) is 3. The third kappa shape index (κ3) is 4.61. The van der Waals surface area contributed by atoms with Gasteiger partial charge in [0.2, 0.25) is 5.82 Å². The first kappa shape index (κ1) is 18.8. The summed E-state index contributed by atoms with van der Waals surface area (Å²) >= 11 is 0. The molecule has 0 aliphatic carbocycles. The zero-order valence-corrected chi connectivity index (χ0v) is 15.3. The van der Waals surface area contributed by atoms with Gasteiger partial charge >= 0.3 is 11.7 Å². The molecule has 3 rings (SSSR count). The second-order valence-corrected chi connectivity index (χ2v) is 6.63. The Labute approximate surface area is 158 Å². The normalized spacial score (nSPS) is 14.8. The molecule has 1 aliphatic rings. The number of nitro groups is 1. The standard InChI is InChI=1S/C20H23N3O4/c1-2-27-19(24)12-15-8-10-22(11-9-15)20-18(23(25)26)13-17(14-21-20)16-6-4-3-5-7-16/h3-7,13-15H,2,8-12H2,1H3. The summed E-state index contributed by atoms with van der Waals surface area (Å²) in [6, 6.07) is 11.1. The van der Waals surface area contributed by atoms with Gasteiger partial charge in [-0.05, 0) is 31.2 Å². The molecule has 0 saturated carbocycles. The van der Waals surface area contributed by atoms with Gasteiger partial charge in [0.15, 0.2) is 0 Å².